The van der Waals surface area contributed by atoms with Crippen molar-refractivity contribution in [3.8, 4) is 0 Å². The van der Waals surface area contributed by atoms with E-state index in [2.05, 4.69) is 15.5 Å². The van der Waals surface area contributed by atoms with Crippen molar-refractivity contribution in [2.45, 2.75) is 31.7 Å². The molecular formula is C22H16Cl2F3N3O2S. The van der Waals surface area contributed by atoms with Gasteiger partial charge in [-0.2, -0.15) is 13.2 Å². The molecule has 1 aliphatic heterocycles. The van der Waals surface area contributed by atoms with Gasteiger partial charge >= 0.3 is 6.18 Å². The van der Waals surface area contributed by atoms with Crippen molar-refractivity contribution in [3.05, 3.63) is 85.3 Å². The van der Waals surface area contributed by atoms with E-state index in [0.29, 0.717) is 16.7 Å². The lowest BCUT2D eigenvalue weighted by atomic mass is 9.86. The number of carbonyl (C=O) groups excluding carboxylic acids is 1. The predicted molar refractivity (Wildman–Crippen MR) is 121 cm³/mol. The molecule has 172 valence electrons. The Hall–Kier alpha value is -2.62. The molecule has 1 atom stereocenters. The third-order valence-electron chi connectivity index (χ3n) is 5.20. The number of rotatable bonds is 5. The van der Waals surface area contributed by atoms with Gasteiger partial charge in [-0.05, 0) is 48.4 Å². The average Bonchev–Trinajstić information content (AvgIpc) is 3.41. The second-order valence-electron chi connectivity index (χ2n) is 7.43. The minimum atomic E-state index is -4.78. The molecule has 1 unspecified atom stereocenters. The van der Waals surface area contributed by atoms with E-state index in [4.69, 9.17) is 28.0 Å². The Bertz CT molecular complexity index is 1210. The molecule has 5 nitrogen and oxygen atoms in total. The number of halogens is 5. The Kier molecular flexibility index (Phi) is 6.39. The predicted octanol–water partition coefficient (Wildman–Crippen LogP) is 6.27. The Labute approximate surface area is 201 Å². The fourth-order valence-electron chi connectivity index (χ4n) is 3.53. The van der Waals surface area contributed by atoms with Crippen molar-refractivity contribution in [3.63, 3.8) is 0 Å². The summed E-state index contributed by atoms with van der Waals surface area (Å²) in [6.45, 7) is 1.99. The minimum Gasteiger partial charge on any atom is -0.374 e. The first-order valence-electron chi connectivity index (χ1n) is 9.65. The molecule has 33 heavy (non-hydrogen) atoms. The summed E-state index contributed by atoms with van der Waals surface area (Å²) in [6, 6.07) is 8.38. The van der Waals surface area contributed by atoms with Crippen molar-refractivity contribution in [1.29, 1.82) is 0 Å². The number of amides is 1. The highest BCUT2D eigenvalue weighted by molar-refractivity contribution is 7.09. The number of aryl methyl sites for hydroxylation is 1. The van der Waals surface area contributed by atoms with Gasteiger partial charge in [0.15, 0.2) is 0 Å². The largest absolute Gasteiger partial charge is 0.435 e. The second kappa shape index (κ2) is 8.96. The fourth-order valence-corrected chi connectivity index (χ4v) is 4.62. The number of benzene rings is 2. The van der Waals surface area contributed by atoms with Crippen molar-refractivity contribution < 1.29 is 22.8 Å². The van der Waals surface area contributed by atoms with Crippen molar-refractivity contribution in [2.24, 2.45) is 5.16 Å². The zero-order valence-electron chi connectivity index (χ0n) is 17.0. The number of thiazole rings is 1. The SMILES string of the molecule is Cc1cc(C2=NOC(c3cc(Cl)cc(Cl)c3)(C(F)(F)F)C2)ccc1C(=O)NCc1nccs1. The second-order valence-corrected chi connectivity index (χ2v) is 9.28. The van der Waals surface area contributed by atoms with Crippen LogP contribution in [0.25, 0.3) is 0 Å². The molecule has 1 N–H and O–H groups in total. The number of nitrogens with one attached hydrogen (secondary N) is 1. The molecule has 1 aliphatic rings. The third kappa shape index (κ3) is 4.71. The fraction of sp³-hybridized carbons (Fsp3) is 0.227. The minimum absolute atomic E-state index is 0.0575. The van der Waals surface area contributed by atoms with E-state index in [1.165, 1.54) is 29.5 Å². The van der Waals surface area contributed by atoms with Gasteiger partial charge in [-0.25, -0.2) is 4.98 Å². The van der Waals surface area contributed by atoms with Gasteiger partial charge in [-0.3, -0.25) is 4.79 Å². The summed E-state index contributed by atoms with van der Waals surface area (Å²) < 4.78 is 42.5. The molecule has 0 bridgehead atoms. The zero-order valence-corrected chi connectivity index (χ0v) is 19.4. The van der Waals surface area contributed by atoms with Gasteiger partial charge in [-0.1, -0.05) is 34.4 Å². The summed E-state index contributed by atoms with van der Waals surface area (Å²) in [6.07, 6.45) is -3.70. The van der Waals surface area contributed by atoms with Crippen LogP contribution in [0.3, 0.4) is 0 Å². The number of hydrogen-bond donors (Lipinski definition) is 1. The molecular weight excluding hydrogens is 498 g/mol. The summed E-state index contributed by atoms with van der Waals surface area (Å²) in [5.41, 5.74) is -1.44. The van der Waals surface area contributed by atoms with Crippen LogP contribution in [0.2, 0.25) is 10.0 Å². The van der Waals surface area contributed by atoms with Crippen LogP contribution in [0, 0.1) is 6.92 Å². The quantitative estimate of drug-likeness (QED) is 0.437. The Morgan fingerprint density at radius 3 is 2.55 bits per heavy atom. The van der Waals surface area contributed by atoms with E-state index in [1.54, 1.807) is 31.3 Å². The third-order valence-corrected chi connectivity index (χ3v) is 6.42. The van der Waals surface area contributed by atoms with Gasteiger partial charge in [0, 0.05) is 39.2 Å². The van der Waals surface area contributed by atoms with E-state index >= 15 is 0 Å². The highest BCUT2D eigenvalue weighted by atomic mass is 35.5. The van der Waals surface area contributed by atoms with Gasteiger partial charge in [0.05, 0.1) is 12.3 Å². The molecule has 0 saturated heterocycles. The van der Waals surface area contributed by atoms with Crippen molar-refractivity contribution in [1.82, 2.24) is 10.3 Å². The molecule has 0 aliphatic carbocycles. The van der Waals surface area contributed by atoms with E-state index in [1.807, 2.05) is 5.38 Å². The van der Waals surface area contributed by atoms with E-state index in [9.17, 15) is 18.0 Å². The Balaban J connectivity index is 1.57. The summed E-state index contributed by atoms with van der Waals surface area (Å²) in [5.74, 6) is -0.308. The first-order valence-corrected chi connectivity index (χ1v) is 11.3. The highest BCUT2D eigenvalue weighted by Gasteiger charge is 2.62. The number of carbonyl (C=O) groups is 1. The van der Waals surface area contributed by atoms with Crippen LogP contribution < -0.4 is 5.32 Å². The first-order chi connectivity index (χ1) is 15.6. The molecule has 0 fully saturated rings. The van der Waals surface area contributed by atoms with Gasteiger partial charge < -0.3 is 10.2 Å². The van der Waals surface area contributed by atoms with Crippen LogP contribution in [-0.4, -0.2) is 22.8 Å². The molecule has 1 amide bonds. The van der Waals surface area contributed by atoms with E-state index in [0.717, 1.165) is 5.01 Å². The smallest absolute Gasteiger partial charge is 0.374 e. The molecule has 2 aromatic carbocycles. The standard InChI is InChI=1S/C22H16Cl2F3N3O2S/c1-12-6-13(2-3-17(12)20(31)29-11-19-28-4-5-33-19)18-10-21(32-30-18,22(25,26)27)14-7-15(23)9-16(24)8-14/h2-9H,10-11H2,1H3,(H,29,31). The van der Waals surface area contributed by atoms with E-state index in [-0.39, 0.29) is 33.8 Å². The molecule has 0 spiro atoms. The van der Waals surface area contributed by atoms with Gasteiger partial charge in [0.1, 0.15) is 5.01 Å². The van der Waals surface area contributed by atoms with Gasteiger partial charge in [-0.15, -0.1) is 11.3 Å². The lowest BCUT2D eigenvalue weighted by Crippen LogP contribution is -2.42. The maximum Gasteiger partial charge on any atom is 0.435 e. The highest BCUT2D eigenvalue weighted by Crippen LogP contribution is 2.49. The molecule has 1 aromatic heterocycles. The summed E-state index contributed by atoms with van der Waals surface area (Å²) in [5, 5.41) is 9.22. The Morgan fingerprint density at radius 1 is 1.21 bits per heavy atom. The van der Waals surface area contributed by atoms with Crippen LogP contribution in [0.5, 0.6) is 0 Å². The molecule has 11 heteroatoms. The van der Waals surface area contributed by atoms with Crippen molar-refractivity contribution in [2.75, 3.05) is 0 Å². The number of oxime groups is 1. The summed E-state index contributed by atoms with van der Waals surface area (Å²) >= 11 is 13.3. The van der Waals surface area contributed by atoms with Crippen molar-refractivity contribution >= 4 is 46.2 Å². The number of hydrogen-bond acceptors (Lipinski definition) is 5. The van der Waals surface area contributed by atoms with Gasteiger partial charge in [0.2, 0.25) is 0 Å². The maximum absolute atomic E-state index is 14.2. The number of aromatic nitrogens is 1. The van der Waals surface area contributed by atoms with Crippen LogP contribution in [0.15, 0.2) is 53.1 Å². The monoisotopic (exact) mass is 513 g/mol. The van der Waals surface area contributed by atoms with E-state index < -0.39 is 18.2 Å². The van der Waals surface area contributed by atoms with Gasteiger partial charge in [0.25, 0.3) is 11.5 Å². The number of nitrogens with zero attached hydrogens (tertiary/aromatic N) is 2. The number of alkyl halides is 3. The molecule has 4 rings (SSSR count). The summed E-state index contributed by atoms with van der Waals surface area (Å²) in [7, 11) is 0. The van der Waals surface area contributed by atoms with Crippen LogP contribution >= 0.6 is 34.5 Å². The first kappa shape index (κ1) is 23.5. The molecule has 0 saturated carbocycles. The summed E-state index contributed by atoms with van der Waals surface area (Å²) in [4.78, 5) is 21.6. The molecule has 0 radical (unpaired) electrons. The topological polar surface area (TPSA) is 63.6 Å². The van der Waals surface area contributed by atoms with Crippen LogP contribution in [0.1, 0.15) is 38.5 Å². The lowest BCUT2D eigenvalue weighted by Gasteiger charge is -2.29. The van der Waals surface area contributed by atoms with Crippen LogP contribution in [0.4, 0.5) is 13.2 Å². The Morgan fingerprint density at radius 2 is 1.94 bits per heavy atom. The zero-order chi connectivity index (χ0) is 23.8. The molecule has 2 heterocycles. The van der Waals surface area contributed by atoms with Crippen LogP contribution in [-0.2, 0) is 17.0 Å². The lowest BCUT2D eigenvalue weighted by molar-refractivity contribution is -0.275. The normalized spacial score (nSPS) is 18.1. The average molecular weight is 514 g/mol. The maximum atomic E-state index is 14.2. The molecule has 3 aromatic rings.